The van der Waals surface area contributed by atoms with Crippen molar-refractivity contribution >= 4 is 27.8 Å². The number of hydrogen-bond acceptors (Lipinski definition) is 8. The molecule has 1 fully saturated rings. The van der Waals surface area contributed by atoms with E-state index < -0.39 is 0 Å². The number of hydrogen-bond donors (Lipinski definition) is 2. The highest BCUT2D eigenvalue weighted by Gasteiger charge is 2.20. The maximum Gasteiger partial charge on any atom is 0.200 e. The molecule has 142 valence electrons. The van der Waals surface area contributed by atoms with Crippen LogP contribution >= 0.6 is 0 Å². The zero-order valence-electron chi connectivity index (χ0n) is 15.3. The fourth-order valence-corrected chi connectivity index (χ4v) is 3.75. The molecule has 28 heavy (non-hydrogen) atoms. The van der Waals surface area contributed by atoms with E-state index in [9.17, 15) is 4.79 Å². The number of nitrogens with one attached hydrogen (secondary N) is 2. The van der Waals surface area contributed by atoms with E-state index in [0.717, 1.165) is 37.3 Å². The van der Waals surface area contributed by atoms with Crippen molar-refractivity contribution in [2.45, 2.75) is 18.9 Å². The zero-order valence-corrected chi connectivity index (χ0v) is 15.3. The maximum atomic E-state index is 13.1. The van der Waals surface area contributed by atoms with Crippen molar-refractivity contribution in [1.82, 2.24) is 30.9 Å². The molecule has 1 aromatic carbocycles. The number of piperidine rings is 1. The van der Waals surface area contributed by atoms with Crippen LogP contribution in [0.4, 0.5) is 5.82 Å². The first kappa shape index (κ1) is 16.8. The van der Waals surface area contributed by atoms with Crippen LogP contribution in [0.3, 0.4) is 0 Å². The van der Waals surface area contributed by atoms with Gasteiger partial charge in [0.2, 0.25) is 5.43 Å². The summed E-state index contributed by atoms with van der Waals surface area (Å²) < 4.78 is 5.97. The molecule has 0 bridgehead atoms. The summed E-state index contributed by atoms with van der Waals surface area (Å²) in [6.07, 6.45) is 3.75. The molecule has 4 heterocycles. The van der Waals surface area contributed by atoms with Crippen LogP contribution < -0.4 is 15.6 Å². The summed E-state index contributed by atoms with van der Waals surface area (Å²) in [7, 11) is 2.03. The highest BCUT2D eigenvalue weighted by Crippen LogP contribution is 2.25. The summed E-state index contributed by atoms with van der Waals surface area (Å²) in [4.78, 5) is 19.8. The number of tetrazole rings is 1. The molecule has 9 heteroatoms. The minimum atomic E-state index is -0.0687. The third kappa shape index (κ3) is 2.80. The van der Waals surface area contributed by atoms with Gasteiger partial charge in [-0.2, -0.15) is 0 Å². The molecule has 4 aromatic rings. The van der Waals surface area contributed by atoms with Gasteiger partial charge in [0.25, 0.3) is 0 Å². The zero-order chi connectivity index (χ0) is 19.1. The standard InChI is InChI=1S/C19H19N7O2/c1-26(12-4-6-20-7-5-12)17-9-14-16(10-21-17)28-15-8-11(19-22-24-25-23-19)2-3-13(15)18(14)27/h2-3,8-10,12,20H,4-7H2,1H3,(H,22,23,24,25). The van der Waals surface area contributed by atoms with E-state index in [1.165, 1.54) is 0 Å². The van der Waals surface area contributed by atoms with Crippen LogP contribution in [0.5, 0.6) is 0 Å². The Morgan fingerprint density at radius 1 is 1.14 bits per heavy atom. The Labute approximate surface area is 159 Å². The highest BCUT2D eigenvalue weighted by atomic mass is 16.3. The molecule has 0 saturated carbocycles. The largest absolute Gasteiger partial charge is 0.454 e. The van der Waals surface area contributed by atoms with Gasteiger partial charge < -0.3 is 14.6 Å². The minimum absolute atomic E-state index is 0.0687. The molecular weight excluding hydrogens is 358 g/mol. The van der Waals surface area contributed by atoms with Crippen LogP contribution in [0, 0.1) is 0 Å². The Kier molecular flexibility index (Phi) is 4.01. The molecule has 0 atom stereocenters. The summed E-state index contributed by atoms with van der Waals surface area (Å²) in [5.74, 6) is 1.30. The fraction of sp³-hybridized carbons (Fsp3) is 0.316. The third-order valence-corrected chi connectivity index (χ3v) is 5.38. The first-order valence-corrected chi connectivity index (χ1v) is 9.25. The molecule has 0 unspecified atom stereocenters. The van der Waals surface area contributed by atoms with E-state index >= 15 is 0 Å². The van der Waals surface area contributed by atoms with Gasteiger partial charge >= 0.3 is 0 Å². The van der Waals surface area contributed by atoms with E-state index in [1.54, 1.807) is 24.4 Å². The first-order valence-electron chi connectivity index (χ1n) is 9.25. The molecule has 5 rings (SSSR count). The first-order chi connectivity index (χ1) is 13.7. The smallest absolute Gasteiger partial charge is 0.200 e. The fourth-order valence-electron chi connectivity index (χ4n) is 3.75. The second-order valence-electron chi connectivity index (χ2n) is 7.02. The van der Waals surface area contributed by atoms with Gasteiger partial charge in [0.1, 0.15) is 11.4 Å². The van der Waals surface area contributed by atoms with Gasteiger partial charge in [-0.3, -0.25) is 4.79 Å². The Hall–Kier alpha value is -3.33. The van der Waals surface area contributed by atoms with Crippen molar-refractivity contribution in [3.63, 3.8) is 0 Å². The number of H-pyrrole nitrogens is 1. The van der Waals surface area contributed by atoms with Gasteiger partial charge in [-0.1, -0.05) is 6.07 Å². The molecule has 0 amide bonds. The second-order valence-corrected chi connectivity index (χ2v) is 7.02. The van der Waals surface area contributed by atoms with Crippen molar-refractivity contribution < 1.29 is 4.42 Å². The van der Waals surface area contributed by atoms with Crippen molar-refractivity contribution in [2.75, 3.05) is 25.0 Å². The normalized spacial score (nSPS) is 15.3. The van der Waals surface area contributed by atoms with Gasteiger partial charge in [-0.05, 0) is 54.6 Å². The lowest BCUT2D eigenvalue weighted by atomic mass is 10.1. The van der Waals surface area contributed by atoms with E-state index in [-0.39, 0.29) is 5.43 Å². The average molecular weight is 377 g/mol. The number of aromatic amines is 1. The van der Waals surface area contributed by atoms with E-state index in [0.29, 0.717) is 33.8 Å². The summed E-state index contributed by atoms with van der Waals surface area (Å²) >= 11 is 0. The Balaban J connectivity index is 1.59. The molecule has 0 radical (unpaired) electrons. The Morgan fingerprint density at radius 2 is 2.00 bits per heavy atom. The molecule has 1 aliphatic rings. The molecular formula is C19H19N7O2. The van der Waals surface area contributed by atoms with Crippen LogP contribution in [-0.2, 0) is 0 Å². The Morgan fingerprint density at radius 3 is 2.79 bits per heavy atom. The van der Waals surface area contributed by atoms with Crippen LogP contribution in [0.2, 0.25) is 0 Å². The molecule has 9 nitrogen and oxygen atoms in total. The summed E-state index contributed by atoms with van der Waals surface area (Å²) in [6, 6.07) is 7.55. The van der Waals surface area contributed by atoms with E-state index in [1.807, 2.05) is 13.1 Å². The minimum Gasteiger partial charge on any atom is -0.454 e. The summed E-state index contributed by atoms with van der Waals surface area (Å²) in [5, 5.41) is 18.2. The van der Waals surface area contributed by atoms with E-state index in [4.69, 9.17) is 4.42 Å². The van der Waals surface area contributed by atoms with Gasteiger partial charge in [0.15, 0.2) is 11.4 Å². The van der Waals surface area contributed by atoms with Crippen LogP contribution in [0.25, 0.3) is 33.3 Å². The average Bonchev–Trinajstić information content (AvgIpc) is 3.28. The molecule has 1 aliphatic heterocycles. The number of nitrogens with zero attached hydrogens (tertiary/aromatic N) is 5. The van der Waals surface area contributed by atoms with Crippen LogP contribution in [0.1, 0.15) is 12.8 Å². The lowest BCUT2D eigenvalue weighted by molar-refractivity contribution is 0.442. The molecule has 0 spiro atoms. The van der Waals surface area contributed by atoms with Crippen molar-refractivity contribution in [2.24, 2.45) is 0 Å². The third-order valence-electron chi connectivity index (χ3n) is 5.38. The predicted molar refractivity (Wildman–Crippen MR) is 105 cm³/mol. The van der Waals surface area contributed by atoms with Gasteiger partial charge in [-0.15, -0.1) is 5.10 Å². The number of benzene rings is 1. The van der Waals surface area contributed by atoms with Crippen LogP contribution in [0.15, 0.2) is 39.7 Å². The monoisotopic (exact) mass is 377 g/mol. The van der Waals surface area contributed by atoms with Crippen molar-refractivity contribution in [1.29, 1.82) is 0 Å². The van der Waals surface area contributed by atoms with Gasteiger partial charge in [-0.25, -0.2) is 10.1 Å². The number of pyridine rings is 1. The van der Waals surface area contributed by atoms with Gasteiger partial charge in [0.05, 0.1) is 17.0 Å². The number of aromatic nitrogens is 5. The number of rotatable bonds is 3. The molecule has 0 aliphatic carbocycles. The summed E-state index contributed by atoms with van der Waals surface area (Å²) in [5.41, 5.74) is 1.62. The highest BCUT2D eigenvalue weighted by molar-refractivity contribution is 5.92. The second kappa shape index (κ2) is 6.68. The Bertz CT molecular complexity index is 1200. The molecule has 1 saturated heterocycles. The molecule has 2 N–H and O–H groups in total. The maximum absolute atomic E-state index is 13.1. The molecule has 3 aromatic heterocycles. The van der Waals surface area contributed by atoms with Crippen LogP contribution in [-0.4, -0.2) is 51.8 Å². The SMILES string of the molecule is CN(c1cc2c(=O)c3ccc(-c4nnn[nH]4)cc3oc2cn1)C1CCNCC1. The predicted octanol–water partition coefficient (Wildman–Crippen LogP) is 1.71. The number of anilines is 1. The van der Waals surface area contributed by atoms with Gasteiger partial charge in [0, 0.05) is 18.7 Å². The lowest BCUT2D eigenvalue weighted by Gasteiger charge is -2.32. The quantitative estimate of drug-likeness (QED) is 0.519. The van der Waals surface area contributed by atoms with Crippen molar-refractivity contribution in [3.05, 3.63) is 40.7 Å². The lowest BCUT2D eigenvalue weighted by Crippen LogP contribution is -2.41. The van der Waals surface area contributed by atoms with Crippen molar-refractivity contribution in [3.8, 4) is 11.4 Å². The topological polar surface area (TPSA) is 113 Å². The summed E-state index contributed by atoms with van der Waals surface area (Å²) in [6.45, 7) is 2.00. The number of fused-ring (bicyclic) bond motifs is 2. The van der Waals surface area contributed by atoms with E-state index in [2.05, 4.69) is 35.8 Å².